The smallest absolute Gasteiger partial charge is 0.269 e. The third-order valence-corrected chi connectivity index (χ3v) is 6.44. The second kappa shape index (κ2) is 7.67. The van der Waals surface area contributed by atoms with Crippen molar-refractivity contribution < 1.29 is 22.5 Å². The lowest BCUT2D eigenvalue weighted by Gasteiger charge is -2.18. The van der Waals surface area contributed by atoms with Gasteiger partial charge in [-0.25, -0.2) is 12.7 Å². The molecule has 10 nitrogen and oxygen atoms in total. The number of pyridine rings is 1. The fourth-order valence-corrected chi connectivity index (χ4v) is 4.62. The maximum atomic E-state index is 12.5. The number of carbonyl (C=O) groups is 2. The van der Waals surface area contributed by atoms with Gasteiger partial charge in [0, 0.05) is 26.2 Å². The highest BCUT2D eigenvalue weighted by Gasteiger charge is 2.40. The largest absolute Gasteiger partial charge is 0.337 e. The SMILES string of the molecule is CN(Cc1nc(-c2ccccn2)no1)C(=O)CCN1C(=O)c2ccccc2S1(=O)=O. The molecule has 0 N–H and O–H groups in total. The van der Waals surface area contributed by atoms with Crippen LogP contribution in [0.25, 0.3) is 11.5 Å². The molecule has 30 heavy (non-hydrogen) atoms. The summed E-state index contributed by atoms with van der Waals surface area (Å²) in [5.74, 6) is -0.480. The summed E-state index contributed by atoms with van der Waals surface area (Å²) < 4.78 is 31.0. The highest BCUT2D eigenvalue weighted by atomic mass is 32.2. The summed E-state index contributed by atoms with van der Waals surface area (Å²) in [4.78, 5) is 34.5. The number of rotatable bonds is 6. The minimum atomic E-state index is -3.94. The van der Waals surface area contributed by atoms with E-state index in [0.717, 1.165) is 4.31 Å². The summed E-state index contributed by atoms with van der Waals surface area (Å²) in [7, 11) is -2.41. The third kappa shape index (κ3) is 3.54. The Hall–Kier alpha value is -3.60. The van der Waals surface area contributed by atoms with Crippen molar-refractivity contribution in [1.29, 1.82) is 0 Å². The van der Waals surface area contributed by atoms with E-state index in [1.165, 1.54) is 24.1 Å². The summed E-state index contributed by atoms with van der Waals surface area (Å²) in [6.07, 6.45) is 1.43. The Morgan fingerprint density at radius 3 is 2.67 bits per heavy atom. The first-order valence-electron chi connectivity index (χ1n) is 9.02. The fraction of sp³-hybridized carbons (Fsp3) is 0.211. The van der Waals surface area contributed by atoms with Gasteiger partial charge in [0.2, 0.25) is 17.6 Å². The van der Waals surface area contributed by atoms with Crippen molar-refractivity contribution in [2.45, 2.75) is 17.9 Å². The van der Waals surface area contributed by atoms with Gasteiger partial charge in [-0.15, -0.1) is 0 Å². The molecule has 1 aliphatic heterocycles. The number of nitrogens with zero attached hydrogens (tertiary/aromatic N) is 5. The molecule has 0 bridgehead atoms. The zero-order chi connectivity index (χ0) is 21.3. The minimum Gasteiger partial charge on any atom is -0.337 e. The molecule has 3 aromatic rings. The number of hydrogen-bond donors (Lipinski definition) is 0. The summed E-state index contributed by atoms with van der Waals surface area (Å²) in [5, 5.41) is 3.84. The van der Waals surface area contributed by atoms with Crippen molar-refractivity contribution in [2.24, 2.45) is 0 Å². The van der Waals surface area contributed by atoms with E-state index in [0.29, 0.717) is 11.5 Å². The molecule has 0 atom stereocenters. The van der Waals surface area contributed by atoms with Crippen molar-refractivity contribution in [3.8, 4) is 11.5 Å². The maximum Gasteiger partial charge on any atom is 0.269 e. The molecule has 0 saturated carbocycles. The first-order chi connectivity index (χ1) is 14.4. The second-order valence-corrected chi connectivity index (χ2v) is 8.44. The summed E-state index contributed by atoms with van der Waals surface area (Å²) in [6.45, 7) is -0.207. The first kappa shape index (κ1) is 19.7. The van der Waals surface area contributed by atoms with E-state index in [2.05, 4.69) is 15.1 Å². The number of amides is 2. The number of benzene rings is 1. The van der Waals surface area contributed by atoms with E-state index in [1.54, 1.807) is 36.5 Å². The molecule has 1 aliphatic rings. The monoisotopic (exact) mass is 427 g/mol. The molecule has 0 spiro atoms. The summed E-state index contributed by atoms with van der Waals surface area (Å²) >= 11 is 0. The molecular weight excluding hydrogens is 410 g/mol. The molecule has 4 rings (SSSR count). The Morgan fingerprint density at radius 1 is 1.17 bits per heavy atom. The highest BCUT2D eigenvalue weighted by molar-refractivity contribution is 7.90. The molecular formula is C19H17N5O5S. The lowest BCUT2D eigenvalue weighted by molar-refractivity contribution is -0.130. The van der Waals surface area contributed by atoms with Gasteiger partial charge in [-0.3, -0.25) is 14.6 Å². The van der Waals surface area contributed by atoms with Crippen molar-refractivity contribution in [3.63, 3.8) is 0 Å². The summed E-state index contributed by atoms with van der Waals surface area (Å²) in [6, 6.07) is 11.3. The van der Waals surface area contributed by atoms with Gasteiger partial charge in [0.25, 0.3) is 15.9 Å². The van der Waals surface area contributed by atoms with Crippen LogP contribution in [-0.4, -0.2) is 58.2 Å². The Morgan fingerprint density at radius 2 is 1.93 bits per heavy atom. The van der Waals surface area contributed by atoms with Crippen LogP contribution in [0.2, 0.25) is 0 Å². The standard InChI is InChI=1S/C19H17N5O5S/c1-23(12-16-21-18(22-29-16)14-7-4-5-10-20-14)17(25)9-11-24-19(26)13-6-2-3-8-15(13)30(24,27)28/h2-8,10H,9,11-12H2,1H3. The van der Waals surface area contributed by atoms with Gasteiger partial charge in [-0.2, -0.15) is 4.98 Å². The quantitative estimate of drug-likeness (QED) is 0.576. The van der Waals surface area contributed by atoms with Crippen LogP contribution in [0.15, 0.2) is 58.1 Å². The number of aromatic nitrogens is 3. The fourth-order valence-electron chi connectivity index (χ4n) is 3.05. The number of fused-ring (bicyclic) bond motifs is 1. The van der Waals surface area contributed by atoms with Gasteiger partial charge in [0.1, 0.15) is 10.6 Å². The predicted molar refractivity (Wildman–Crippen MR) is 103 cm³/mol. The van der Waals surface area contributed by atoms with Crippen LogP contribution in [0.1, 0.15) is 22.7 Å². The van der Waals surface area contributed by atoms with E-state index in [9.17, 15) is 18.0 Å². The topological polar surface area (TPSA) is 127 Å². The Balaban J connectivity index is 1.38. The van der Waals surface area contributed by atoms with Crippen LogP contribution in [0, 0.1) is 0 Å². The van der Waals surface area contributed by atoms with Crippen LogP contribution >= 0.6 is 0 Å². The molecule has 1 aromatic carbocycles. The van der Waals surface area contributed by atoms with Crippen LogP contribution in [0.5, 0.6) is 0 Å². The van der Waals surface area contributed by atoms with Crippen LogP contribution in [0.4, 0.5) is 0 Å². The maximum absolute atomic E-state index is 12.5. The van der Waals surface area contributed by atoms with Crippen molar-refractivity contribution in [3.05, 3.63) is 60.1 Å². The van der Waals surface area contributed by atoms with E-state index < -0.39 is 15.9 Å². The first-order valence-corrected chi connectivity index (χ1v) is 10.5. The molecule has 0 aliphatic carbocycles. The molecule has 2 amide bonds. The Kier molecular flexibility index (Phi) is 5.04. The zero-order valence-corrected chi connectivity index (χ0v) is 16.7. The van der Waals surface area contributed by atoms with Gasteiger partial charge < -0.3 is 9.42 Å². The molecule has 3 heterocycles. The number of sulfonamides is 1. The molecule has 0 radical (unpaired) electrons. The van der Waals surface area contributed by atoms with Crippen LogP contribution in [-0.2, 0) is 21.4 Å². The Labute approximate surface area is 172 Å². The van der Waals surface area contributed by atoms with E-state index in [4.69, 9.17) is 4.52 Å². The minimum absolute atomic E-state index is 0.0382. The lowest BCUT2D eigenvalue weighted by Crippen LogP contribution is -2.35. The van der Waals surface area contributed by atoms with Crippen LogP contribution < -0.4 is 0 Å². The van der Waals surface area contributed by atoms with Crippen molar-refractivity contribution in [1.82, 2.24) is 24.3 Å². The average Bonchev–Trinajstić information content (AvgIpc) is 3.29. The lowest BCUT2D eigenvalue weighted by atomic mass is 10.2. The molecule has 0 saturated heterocycles. The van der Waals surface area contributed by atoms with Gasteiger partial charge in [0.05, 0.1) is 12.1 Å². The van der Waals surface area contributed by atoms with Gasteiger partial charge in [-0.05, 0) is 24.3 Å². The number of hydrogen-bond acceptors (Lipinski definition) is 8. The summed E-state index contributed by atoms with van der Waals surface area (Å²) in [5.41, 5.74) is 0.657. The van der Waals surface area contributed by atoms with Gasteiger partial charge in [0.15, 0.2) is 0 Å². The zero-order valence-electron chi connectivity index (χ0n) is 15.9. The Bertz CT molecular complexity index is 1210. The highest BCUT2D eigenvalue weighted by Crippen LogP contribution is 2.29. The van der Waals surface area contributed by atoms with Crippen LogP contribution in [0.3, 0.4) is 0 Å². The normalized spacial score (nSPS) is 14.6. The second-order valence-electron chi connectivity index (χ2n) is 6.60. The van der Waals surface area contributed by atoms with Gasteiger partial charge in [-0.1, -0.05) is 23.4 Å². The third-order valence-electron chi connectivity index (χ3n) is 4.60. The molecule has 11 heteroatoms. The number of carbonyl (C=O) groups excluding carboxylic acids is 2. The van der Waals surface area contributed by atoms with Crippen molar-refractivity contribution in [2.75, 3.05) is 13.6 Å². The van der Waals surface area contributed by atoms with E-state index in [-0.39, 0.29) is 41.8 Å². The van der Waals surface area contributed by atoms with E-state index in [1.807, 2.05) is 0 Å². The molecule has 0 fully saturated rings. The molecule has 2 aromatic heterocycles. The van der Waals surface area contributed by atoms with E-state index >= 15 is 0 Å². The average molecular weight is 427 g/mol. The van der Waals surface area contributed by atoms with Gasteiger partial charge >= 0.3 is 0 Å². The molecule has 154 valence electrons. The molecule has 0 unspecified atom stereocenters. The van der Waals surface area contributed by atoms with Crippen molar-refractivity contribution >= 4 is 21.8 Å². The predicted octanol–water partition coefficient (Wildman–Crippen LogP) is 1.32.